The summed E-state index contributed by atoms with van der Waals surface area (Å²) in [4.78, 5) is 10.3. The zero-order valence-corrected chi connectivity index (χ0v) is 17.8. The molecule has 0 aliphatic rings. The number of allylic oxidation sites excluding steroid dienone is 2. The molecule has 156 valence electrons. The van der Waals surface area contributed by atoms with Crippen LogP contribution < -0.4 is 0 Å². The summed E-state index contributed by atoms with van der Waals surface area (Å²) in [7, 11) is 0. The van der Waals surface area contributed by atoms with Crippen LogP contribution in [-0.4, -0.2) is 22.8 Å². The third-order valence-corrected chi connectivity index (χ3v) is 4.36. The van der Waals surface area contributed by atoms with Gasteiger partial charge in [-0.25, -0.2) is 0 Å². The quantitative estimate of drug-likeness (QED) is 0.211. The van der Waals surface area contributed by atoms with Gasteiger partial charge in [-0.1, -0.05) is 84.3 Å². The minimum atomic E-state index is -0.664. The molecule has 0 aromatic rings. The van der Waals surface area contributed by atoms with Crippen molar-refractivity contribution in [1.29, 1.82) is 0 Å². The van der Waals surface area contributed by atoms with Crippen molar-refractivity contribution in [2.45, 2.75) is 117 Å². The van der Waals surface area contributed by atoms with Gasteiger partial charge < -0.3 is 10.2 Å². The summed E-state index contributed by atoms with van der Waals surface area (Å²) in [6, 6.07) is 0. The predicted molar refractivity (Wildman–Crippen MR) is 114 cm³/mol. The van der Waals surface area contributed by atoms with Crippen LogP contribution in [-0.2, 0) is 4.79 Å². The maximum atomic E-state index is 10.3. The fourth-order valence-electron chi connectivity index (χ4n) is 2.61. The van der Waals surface area contributed by atoms with Crippen molar-refractivity contribution in [1.82, 2.24) is 0 Å². The number of aliphatic hydroxyl groups is 1. The molecule has 0 heterocycles. The van der Waals surface area contributed by atoms with E-state index in [2.05, 4.69) is 32.9 Å². The molecule has 0 saturated heterocycles. The van der Waals surface area contributed by atoms with Crippen LogP contribution in [0.15, 0.2) is 12.2 Å². The molecule has 0 aromatic heterocycles. The lowest BCUT2D eigenvalue weighted by atomic mass is 10.1. The van der Waals surface area contributed by atoms with Crippen molar-refractivity contribution in [2.75, 3.05) is 6.61 Å². The molecule has 3 nitrogen and oxygen atoms in total. The number of carboxylic acid groups (broad SMARTS) is 1. The molecule has 0 fully saturated rings. The Balaban J connectivity index is 0. The van der Waals surface area contributed by atoms with Crippen molar-refractivity contribution < 1.29 is 15.0 Å². The lowest BCUT2D eigenvalue weighted by Crippen LogP contribution is -1.93. The Morgan fingerprint density at radius 3 is 1.65 bits per heavy atom. The SMILES string of the molecule is CC(C)CCO.CCCCCCCCC=CCCCCCCCC(=O)O. The largest absolute Gasteiger partial charge is 0.481 e. The van der Waals surface area contributed by atoms with Crippen molar-refractivity contribution in [2.24, 2.45) is 5.92 Å². The number of hydrogen-bond donors (Lipinski definition) is 2. The number of carbonyl (C=O) groups is 1. The van der Waals surface area contributed by atoms with E-state index in [0.717, 1.165) is 19.3 Å². The van der Waals surface area contributed by atoms with Crippen LogP contribution in [0.5, 0.6) is 0 Å². The van der Waals surface area contributed by atoms with E-state index in [0.29, 0.717) is 18.9 Å². The van der Waals surface area contributed by atoms with Gasteiger partial charge in [0, 0.05) is 13.0 Å². The number of hydrogen-bond acceptors (Lipinski definition) is 2. The van der Waals surface area contributed by atoms with E-state index in [1.165, 1.54) is 70.6 Å². The van der Waals surface area contributed by atoms with Gasteiger partial charge >= 0.3 is 5.97 Å². The molecule has 0 saturated carbocycles. The fraction of sp³-hybridized carbons (Fsp3) is 0.870. The maximum Gasteiger partial charge on any atom is 0.303 e. The monoisotopic (exact) mass is 370 g/mol. The number of rotatable bonds is 17. The first-order chi connectivity index (χ1) is 12.5. The Morgan fingerprint density at radius 2 is 1.27 bits per heavy atom. The molecule has 0 amide bonds. The van der Waals surface area contributed by atoms with Crippen LogP contribution in [0, 0.1) is 5.92 Å². The molecule has 0 unspecified atom stereocenters. The molecule has 0 radical (unpaired) electrons. The second-order valence-corrected chi connectivity index (χ2v) is 7.63. The Hall–Kier alpha value is -0.830. The molecule has 0 aliphatic carbocycles. The summed E-state index contributed by atoms with van der Waals surface area (Å²) in [6.45, 7) is 6.78. The number of aliphatic hydroxyl groups excluding tert-OH is 1. The van der Waals surface area contributed by atoms with Gasteiger partial charge in [0.15, 0.2) is 0 Å². The highest BCUT2D eigenvalue weighted by atomic mass is 16.4. The van der Waals surface area contributed by atoms with E-state index in [4.69, 9.17) is 10.2 Å². The molecule has 3 heteroatoms. The van der Waals surface area contributed by atoms with Gasteiger partial charge in [0.25, 0.3) is 0 Å². The minimum Gasteiger partial charge on any atom is -0.481 e. The second-order valence-electron chi connectivity index (χ2n) is 7.63. The first-order valence-corrected chi connectivity index (χ1v) is 11.0. The highest BCUT2D eigenvalue weighted by Gasteiger charge is 1.95. The molecular formula is C23H46O3. The standard InChI is InChI=1S/C18H34O2.C5H12O/c1-2-3-4-5-6-7-8-9-10-11-12-13-14-15-16-17-18(19)20;1-5(2)3-4-6/h9-10H,2-8,11-17H2,1H3,(H,19,20);5-6H,3-4H2,1-2H3. The minimum absolute atomic E-state index is 0.331. The lowest BCUT2D eigenvalue weighted by Gasteiger charge is -1.99. The Morgan fingerprint density at radius 1 is 0.808 bits per heavy atom. The van der Waals surface area contributed by atoms with Crippen molar-refractivity contribution in [3.8, 4) is 0 Å². The van der Waals surface area contributed by atoms with E-state index in [9.17, 15) is 4.79 Å². The molecule has 0 spiro atoms. The molecule has 0 aromatic carbocycles. The lowest BCUT2D eigenvalue weighted by molar-refractivity contribution is -0.137. The van der Waals surface area contributed by atoms with Gasteiger partial charge in [-0.2, -0.15) is 0 Å². The molecule has 0 aliphatic heterocycles. The summed E-state index contributed by atoms with van der Waals surface area (Å²) in [6.07, 6.45) is 22.2. The average Bonchev–Trinajstić information content (AvgIpc) is 2.58. The average molecular weight is 371 g/mol. The third-order valence-electron chi connectivity index (χ3n) is 4.36. The Kier molecular flexibility index (Phi) is 25.5. The number of unbranched alkanes of at least 4 members (excludes halogenated alkanes) is 11. The van der Waals surface area contributed by atoms with Crippen LogP contribution in [0.3, 0.4) is 0 Å². The zero-order valence-electron chi connectivity index (χ0n) is 17.8. The van der Waals surface area contributed by atoms with E-state index in [1.807, 2.05) is 0 Å². The van der Waals surface area contributed by atoms with Gasteiger partial charge in [-0.15, -0.1) is 0 Å². The van der Waals surface area contributed by atoms with Crippen molar-refractivity contribution >= 4 is 5.97 Å². The van der Waals surface area contributed by atoms with Crippen molar-refractivity contribution in [3.63, 3.8) is 0 Å². The summed E-state index contributed by atoms with van der Waals surface area (Å²) < 4.78 is 0. The highest BCUT2D eigenvalue weighted by molar-refractivity contribution is 5.66. The number of aliphatic carboxylic acids is 1. The third kappa shape index (κ3) is 31.0. The van der Waals surface area contributed by atoms with Gasteiger partial charge in [0.1, 0.15) is 0 Å². The number of carboxylic acids is 1. The van der Waals surface area contributed by atoms with E-state index in [1.54, 1.807) is 0 Å². The molecule has 2 N–H and O–H groups in total. The first kappa shape index (κ1) is 27.4. The molecule has 0 bridgehead atoms. The van der Waals surface area contributed by atoms with Gasteiger partial charge in [-0.3, -0.25) is 4.79 Å². The first-order valence-electron chi connectivity index (χ1n) is 11.0. The predicted octanol–water partition coefficient (Wildman–Crippen LogP) is 7.13. The van der Waals surface area contributed by atoms with Gasteiger partial charge in [0.2, 0.25) is 0 Å². The topological polar surface area (TPSA) is 57.5 Å². The van der Waals surface area contributed by atoms with Gasteiger partial charge in [-0.05, 0) is 44.4 Å². The Labute approximate surface area is 163 Å². The van der Waals surface area contributed by atoms with Crippen LogP contribution in [0.2, 0.25) is 0 Å². The summed E-state index contributed by atoms with van der Waals surface area (Å²) in [5.41, 5.74) is 0. The van der Waals surface area contributed by atoms with Gasteiger partial charge in [0.05, 0.1) is 0 Å². The van der Waals surface area contributed by atoms with E-state index in [-0.39, 0.29) is 0 Å². The summed E-state index contributed by atoms with van der Waals surface area (Å²) in [5, 5.41) is 16.7. The summed E-state index contributed by atoms with van der Waals surface area (Å²) >= 11 is 0. The van der Waals surface area contributed by atoms with Crippen LogP contribution >= 0.6 is 0 Å². The fourth-order valence-corrected chi connectivity index (χ4v) is 2.61. The van der Waals surface area contributed by atoms with Crippen LogP contribution in [0.4, 0.5) is 0 Å². The Bertz CT molecular complexity index is 298. The normalized spacial score (nSPS) is 11.0. The van der Waals surface area contributed by atoms with E-state index < -0.39 is 5.97 Å². The molecule has 26 heavy (non-hydrogen) atoms. The zero-order chi connectivity index (χ0) is 19.9. The van der Waals surface area contributed by atoms with Crippen molar-refractivity contribution in [3.05, 3.63) is 12.2 Å². The van der Waals surface area contributed by atoms with Crippen LogP contribution in [0.25, 0.3) is 0 Å². The maximum absolute atomic E-state index is 10.3. The van der Waals surface area contributed by atoms with E-state index >= 15 is 0 Å². The molecule has 0 rings (SSSR count). The second kappa shape index (κ2) is 24.2. The highest BCUT2D eigenvalue weighted by Crippen LogP contribution is 2.09. The smallest absolute Gasteiger partial charge is 0.303 e. The molecule has 0 atom stereocenters. The van der Waals surface area contributed by atoms with Crippen LogP contribution in [0.1, 0.15) is 117 Å². The molecular weight excluding hydrogens is 324 g/mol. The summed E-state index contributed by atoms with van der Waals surface area (Å²) in [5.74, 6) is -0.0161.